The first kappa shape index (κ1) is 9.69. The van der Waals surface area contributed by atoms with Crippen molar-refractivity contribution in [1.82, 2.24) is 5.32 Å². The summed E-state index contributed by atoms with van der Waals surface area (Å²) in [4.78, 5) is 0. The average Bonchev–Trinajstić information content (AvgIpc) is 2.14. The molecule has 0 saturated carbocycles. The van der Waals surface area contributed by atoms with E-state index in [-0.39, 0.29) is 0 Å². The molecule has 1 N–H and O–H groups in total. The molecule has 2 nitrogen and oxygen atoms in total. The van der Waals surface area contributed by atoms with Crippen molar-refractivity contribution in [2.24, 2.45) is 5.92 Å². The van der Waals surface area contributed by atoms with Crippen LogP contribution in [-0.4, -0.2) is 19.3 Å². The maximum atomic E-state index is 5.17. The number of ether oxygens (including phenoxy) is 1. The third-order valence-electron chi connectivity index (χ3n) is 2.84. The summed E-state index contributed by atoms with van der Waals surface area (Å²) < 4.78 is 5.17. The van der Waals surface area contributed by atoms with Crippen LogP contribution in [0.4, 0.5) is 0 Å². The number of rotatable bonds is 4. The van der Waals surface area contributed by atoms with E-state index in [0.29, 0.717) is 12.0 Å². The Balaban J connectivity index is 1.76. The molecule has 1 saturated heterocycles. The van der Waals surface area contributed by atoms with Crippen LogP contribution in [0.1, 0.15) is 12.5 Å². The van der Waals surface area contributed by atoms with Crippen molar-refractivity contribution < 1.29 is 4.74 Å². The lowest BCUT2D eigenvalue weighted by atomic mass is 9.99. The molecule has 1 aliphatic heterocycles. The molecule has 1 aromatic carbocycles. The number of nitrogens with one attached hydrogen (secondary N) is 1. The fraction of sp³-hybridized carbons (Fsp3) is 0.500. The molecule has 0 spiro atoms. The van der Waals surface area contributed by atoms with Gasteiger partial charge in [0.15, 0.2) is 0 Å². The summed E-state index contributed by atoms with van der Waals surface area (Å²) in [7, 11) is 0. The van der Waals surface area contributed by atoms with Gasteiger partial charge in [0.05, 0.1) is 13.2 Å². The first-order chi connectivity index (χ1) is 6.86. The summed E-state index contributed by atoms with van der Waals surface area (Å²) in [6, 6.07) is 11.1. The zero-order chi connectivity index (χ0) is 9.80. The van der Waals surface area contributed by atoms with Crippen LogP contribution in [0.15, 0.2) is 30.3 Å². The minimum Gasteiger partial charge on any atom is -0.381 e. The molecule has 2 heteroatoms. The Kier molecular flexibility index (Phi) is 3.17. The minimum atomic E-state index is 0.559. The molecule has 0 unspecified atom stereocenters. The Morgan fingerprint density at radius 2 is 2.07 bits per heavy atom. The quantitative estimate of drug-likeness (QED) is 0.783. The summed E-state index contributed by atoms with van der Waals surface area (Å²) >= 11 is 0. The Labute approximate surface area is 85.3 Å². The Morgan fingerprint density at radius 3 is 2.64 bits per heavy atom. The van der Waals surface area contributed by atoms with E-state index in [9.17, 15) is 0 Å². The zero-order valence-electron chi connectivity index (χ0n) is 8.57. The largest absolute Gasteiger partial charge is 0.381 e. The van der Waals surface area contributed by atoms with E-state index in [4.69, 9.17) is 4.74 Å². The highest BCUT2D eigenvalue weighted by Crippen LogP contribution is 2.14. The van der Waals surface area contributed by atoms with Crippen LogP contribution in [0.5, 0.6) is 0 Å². The highest BCUT2D eigenvalue weighted by atomic mass is 16.5. The smallest absolute Gasteiger partial charge is 0.0531 e. The van der Waals surface area contributed by atoms with Crippen LogP contribution >= 0.6 is 0 Å². The maximum absolute atomic E-state index is 5.17. The van der Waals surface area contributed by atoms with Gasteiger partial charge in [0.25, 0.3) is 0 Å². The van der Waals surface area contributed by atoms with Gasteiger partial charge in [-0.25, -0.2) is 0 Å². The van der Waals surface area contributed by atoms with Crippen molar-refractivity contribution in [2.75, 3.05) is 13.2 Å². The molecule has 2 rings (SSSR count). The van der Waals surface area contributed by atoms with Gasteiger partial charge in [-0.05, 0) is 12.5 Å². The third kappa shape index (κ3) is 2.34. The Morgan fingerprint density at radius 1 is 1.36 bits per heavy atom. The van der Waals surface area contributed by atoms with Gasteiger partial charge >= 0.3 is 0 Å². The van der Waals surface area contributed by atoms with E-state index >= 15 is 0 Å². The molecule has 0 bridgehead atoms. The van der Waals surface area contributed by atoms with E-state index in [1.807, 2.05) is 6.07 Å². The topological polar surface area (TPSA) is 21.3 Å². The van der Waals surface area contributed by atoms with Crippen molar-refractivity contribution in [3.05, 3.63) is 35.9 Å². The number of benzene rings is 1. The second-order valence-electron chi connectivity index (χ2n) is 3.95. The second kappa shape index (κ2) is 4.58. The molecule has 76 valence electrons. The monoisotopic (exact) mass is 191 g/mol. The molecule has 0 radical (unpaired) electrons. The lowest BCUT2D eigenvalue weighted by Crippen LogP contribution is -2.43. The zero-order valence-corrected chi connectivity index (χ0v) is 8.57. The second-order valence-corrected chi connectivity index (χ2v) is 3.95. The lowest BCUT2D eigenvalue weighted by molar-refractivity contribution is -0.0468. The van der Waals surface area contributed by atoms with Crippen LogP contribution in [0.2, 0.25) is 0 Å². The van der Waals surface area contributed by atoms with Gasteiger partial charge in [-0.15, -0.1) is 0 Å². The summed E-state index contributed by atoms with van der Waals surface area (Å²) in [5.41, 5.74) is 1.35. The van der Waals surface area contributed by atoms with Crippen molar-refractivity contribution in [2.45, 2.75) is 19.5 Å². The molecular weight excluding hydrogens is 174 g/mol. The van der Waals surface area contributed by atoms with Gasteiger partial charge in [-0.3, -0.25) is 0 Å². The summed E-state index contributed by atoms with van der Waals surface area (Å²) in [6.45, 7) is 5.03. The molecule has 1 fully saturated rings. The van der Waals surface area contributed by atoms with Crippen LogP contribution in [0, 0.1) is 5.92 Å². The number of hydrogen-bond donors (Lipinski definition) is 1. The first-order valence-corrected chi connectivity index (χ1v) is 5.21. The molecule has 0 amide bonds. The predicted molar refractivity (Wildman–Crippen MR) is 57.1 cm³/mol. The molecule has 0 aliphatic carbocycles. The summed E-state index contributed by atoms with van der Waals surface area (Å²) in [6.07, 6.45) is 0. The molecule has 0 aromatic heterocycles. The third-order valence-corrected chi connectivity index (χ3v) is 2.84. The van der Waals surface area contributed by atoms with Crippen molar-refractivity contribution in [1.29, 1.82) is 0 Å². The van der Waals surface area contributed by atoms with Gasteiger partial charge in [0.1, 0.15) is 0 Å². The average molecular weight is 191 g/mol. The molecule has 1 aromatic rings. The fourth-order valence-corrected chi connectivity index (χ4v) is 1.58. The van der Waals surface area contributed by atoms with E-state index in [0.717, 1.165) is 19.8 Å². The fourth-order valence-electron chi connectivity index (χ4n) is 1.58. The standard InChI is InChI=1S/C12H17NO/c1-10(12-8-14-9-12)13-7-11-5-3-2-4-6-11/h2-6,10,12-13H,7-9H2,1H3/t10-/m0/s1. The highest BCUT2D eigenvalue weighted by Gasteiger charge is 2.24. The first-order valence-electron chi connectivity index (χ1n) is 5.21. The van der Waals surface area contributed by atoms with E-state index in [1.165, 1.54) is 5.56 Å². The van der Waals surface area contributed by atoms with E-state index < -0.39 is 0 Å². The molecule has 1 aliphatic rings. The summed E-state index contributed by atoms with van der Waals surface area (Å²) in [5.74, 6) is 0.707. The van der Waals surface area contributed by atoms with Gasteiger partial charge in [-0.1, -0.05) is 30.3 Å². The van der Waals surface area contributed by atoms with Crippen LogP contribution < -0.4 is 5.32 Å². The Bertz CT molecular complexity index is 269. The highest BCUT2D eigenvalue weighted by molar-refractivity contribution is 5.14. The van der Waals surface area contributed by atoms with Crippen molar-refractivity contribution >= 4 is 0 Å². The van der Waals surface area contributed by atoms with Gasteiger partial charge in [0, 0.05) is 18.5 Å². The van der Waals surface area contributed by atoms with Gasteiger partial charge < -0.3 is 10.1 Å². The van der Waals surface area contributed by atoms with Crippen molar-refractivity contribution in [3.63, 3.8) is 0 Å². The molecule has 1 atom stereocenters. The van der Waals surface area contributed by atoms with Crippen LogP contribution in [0.25, 0.3) is 0 Å². The predicted octanol–water partition coefficient (Wildman–Crippen LogP) is 1.81. The summed E-state index contributed by atoms with van der Waals surface area (Å²) in [5, 5.41) is 3.52. The van der Waals surface area contributed by atoms with Crippen molar-refractivity contribution in [3.8, 4) is 0 Å². The van der Waals surface area contributed by atoms with Crippen LogP contribution in [-0.2, 0) is 11.3 Å². The van der Waals surface area contributed by atoms with E-state index in [1.54, 1.807) is 0 Å². The van der Waals surface area contributed by atoms with Crippen LogP contribution in [0.3, 0.4) is 0 Å². The maximum Gasteiger partial charge on any atom is 0.0531 e. The normalized spacial score (nSPS) is 18.9. The molecule has 14 heavy (non-hydrogen) atoms. The minimum absolute atomic E-state index is 0.559. The molecule has 1 heterocycles. The molecular formula is C12H17NO. The Hall–Kier alpha value is -0.860. The lowest BCUT2D eigenvalue weighted by Gasteiger charge is -2.32. The SMILES string of the molecule is C[C@H](NCc1ccccc1)C1COC1. The van der Waals surface area contributed by atoms with Gasteiger partial charge in [0.2, 0.25) is 0 Å². The van der Waals surface area contributed by atoms with E-state index in [2.05, 4.69) is 36.5 Å². The number of hydrogen-bond acceptors (Lipinski definition) is 2. The van der Waals surface area contributed by atoms with Gasteiger partial charge in [-0.2, -0.15) is 0 Å².